The van der Waals surface area contributed by atoms with E-state index in [9.17, 15) is 14.0 Å². The van der Waals surface area contributed by atoms with Gasteiger partial charge in [0.25, 0.3) is 0 Å². The molecule has 0 heterocycles. The SMILES string of the molecule is CC[C@H](C(=O)N[C@@H](C)CC)N(Cc1ccc(F)cc1)C(=O)CCSCc1ccccc1. The maximum atomic E-state index is 13.3. The fourth-order valence-electron chi connectivity index (χ4n) is 3.21. The summed E-state index contributed by atoms with van der Waals surface area (Å²) in [6.07, 6.45) is 1.70. The molecule has 168 valence electrons. The second-order valence-corrected chi connectivity index (χ2v) is 8.78. The Labute approximate surface area is 189 Å². The molecule has 0 spiro atoms. The van der Waals surface area contributed by atoms with Crippen molar-refractivity contribution in [2.24, 2.45) is 0 Å². The Bertz CT molecular complexity index is 814. The fraction of sp³-hybridized carbons (Fsp3) is 0.440. The third kappa shape index (κ3) is 8.37. The lowest BCUT2D eigenvalue weighted by molar-refractivity contribution is -0.141. The van der Waals surface area contributed by atoms with E-state index in [-0.39, 0.29) is 30.2 Å². The fourth-order valence-corrected chi connectivity index (χ4v) is 4.11. The van der Waals surface area contributed by atoms with Gasteiger partial charge in [0.2, 0.25) is 11.8 Å². The molecule has 2 aromatic rings. The molecule has 0 fully saturated rings. The van der Waals surface area contributed by atoms with Gasteiger partial charge in [-0.2, -0.15) is 11.8 Å². The summed E-state index contributed by atoms with van der Waals surface area (Å²) in [5.41, 5.74) is 2.03. The van der Waals surface area contributed by atoms with Crippen molar-refractivity contribution in [3.63, 3.8) is 0 Å². The number of amides is 2. The minimum atomic E-state index is -0.550. The van der Waals surface area contributed by atoms with Gasteiger partial charge in [0.05, 0.1) is 0 Å². The first-order chi connectivity index (χ1) is 14.9. The van der Waals surface area contributed by atoms with Gasteiger partial charge in [-0.25, -0.2) is 4.39 Å². The zero-order valence-corrected chi connectivity index (χ0v) is 19.5. The Morgan fingerprint density at radius 1 is 1.00 bits per heavy atom. The topological polar surface area (TPSA) is 49.4 Å². The molecule has 0 saturated carbocycles. The van der Waals surface area contributed by atoms with Crippen LogP contribution in [-0.2, 0) is 21.9 Å². The van der Waals surface area contributed by atoms with Gasteiger partial charge >= 0.3 is 0 Å². The van der Waals surface area contributed by atoms with Gasteiger partial charge in [0.15, 0.2) is 0 Å². The lowest BCUT2D eigenvalue weighted by Gasteiger charge is -2.31. The number of carbonyl (C=O) groups is 2. The number of hydrogen-bond acceptors (Lipinski definition) is 3. The van der Waals surface area contributed by atoms with Gasteiger partial charge in [-0.1, -0.05) is 56.3 Å². The molecule has 2 aromatic carbocycles. The largest absolute Gasteiger partial charge is 0.352 e. The maximum Gasteiger partial charge on any atom is 0.243 e. The Balaban J connectivity index is 2.06. The minimum Gasteiger partial charge on any atom is -0.352 e. The van der Waals surface area contributed by atoms with Crippen LogP contribution in [0.4, 0.5) is 4.39 Å². The molecule has 0 radical (unpaired) electrons. The lowest BCUT2D eigenvalue weighted by atomic mass is 10.1. The van der Waals surface area contributed by atoms with Crippen LogP contribution in [0.1, 0.15) is 51.2 Å². The molecule has 2 amide bonds. The second kappa shape index (κ2) is 13.2. The molecule has 31 heavy (non-hydrogen) atoms. The second-order valence-electron chi connectivity index (χ2n) is 7.68. The van der Waals surface area contributed by atoms with Crippen molar-refractivity contribution in [2.75, 3.05) is 5.75 Å². The van der Waals surface area contributed by atoms with Crippen LogP contribution in [0.3, 0.4) is 0 Å². The normalized spacial score (nSPS) is 12.8. The van der Waals surface area contributed by atoms with E-state index in [1.54, 1.807) is 28.8 Å². The quantitative estimate of drug-likeness (QED) is 0.460. The van der Waals surface area contributed by atoms with Crippen molar-refractivity contribution >= 4 is 23.6 Å². The molecule has 6 heteroatoms. The average Bonchev–Trinajstić information content (AvgIpc) is 2.78. The van der Waals surface area contributed by atoms with Crippen molar-refractivity contribution in [1.82, 2.24) is 10.2 Å². The van der Waals surface area contributed by atoms with Gasteiger partial charge in [-0.3, -0.25) is 9.59 Å². The first kappa shape index (κ1) is 24.9. The Kier molecular flexibility index (Phi) is 10.6. The van der Waals surface area contributed by atoms with E-state index in [1.165, 1.54) is 17.7 Å². The number of halogens is 1. The number of rotatable bonds is 12. The molecule has 4 nitrogen and oxygen atoms in total. The predicted octanol–water partition coefficient (Wildman–Crippen LogP) is 5.17. The summed E-state index contributed by atoms with van der Waals surface area (Å²) in [7, 11) is 0. The van der Waals surface area contributed by atoms with Crippen molar-refractivity contribution < 1.29 is 14.0 Å². The Morgan fingerprint density at radius 2 is 1.68 bits per heavy atom. The Hall–Kier alpha value is -2.34. The molecule has 0 aliphatic heterocycles. The Morgan fingerprint density at radius 3 is 2.29 bits per heavy atom. The van der Waals surface area contributed by atoms with Crippen LogP contribution in [0.15, 0.2) is 54.6 Å². The zero-order chi connectivity index (χ0) is 22.6. The van der Waals surface area contributed by atoms with E-state index in [1.807, 2.05) is 39.0 Å². The van der Waals surface area contributed by atoms with Crippen molar-refractivity contribution in [3.8, 4) is 0 Å². The molecule has 0 saturated heterocycles. The van der Waals surface area contributed by atoms with Crippen LogP contribution in [-0.4, -0.2) is 34.6 Å². The van der Waals surface area contributed by atoms with Crippen LogP contribution in [0.5, 0.6) is 0 Å². The summed E-state index contributed by atoms with van der Waals surface area (Å²) in [4.78, 5) is 27.7. The third-order valence-electron chi connectivity index (χ3n) is 5.22. The van der Waals surface area contributed by atoms with E-state index < -0.39 is 6.04 Å². The molecule has 2 atom stereocenters. The third-order valence-corrected chi connectivity index (χ3v) is 6.26. The number of nitrogens with zero attached hydrogens (tertiary/aromatic N) is 1. The van der Waals surface area contributed by atoms with E-state index >= 15 is 0 Å². The molecule has 2 rings (SSSR count). The smallest absolute Gasteiger partial charge is 0.243 e. The first-order valence-corrected chi connectivity index (χ1v) is 12.1. The molecule has 0 aromatic heterocycles. The molecule has 0 unspecified atom stereocenters. The zero-order valence-electron chi connectivity index (χ0n) is 18.6. The molecule has 1 N–H and O–H groups in total. The highest BCUT2D eigenvalue weighted by atomic mass is 32.2. The van der Waals surface area contributed by atoms with E-state index in [0.29, 0.717) is 18.6 Å². The molecular formula is C25H33FN2O2S. The van der Waals surface area contributed by atoms with Crippen LogP contribution >= 0.6 is 11.8 Å². The molecular weight excluding hydrogens is 411 g/mol. The predicted molar refractivity (Wildman–Crippen MR) is 126 cm³/mol. The maximum absolute atomic E-state index is 13.3. The van der Waals surface area contributed by atoms with Gasteiger partial charge in [0.1, 0.15) is 11.9 Å². The number of nitrogens with one attached hydrogen (secondary N) is 1. The number of benzene rings is 2. The highest BCUT2D eigenvalue weighted by molar-refractivity contribution is 7.98. The number of hydrogen-bond donors (Lipinski definition) is 1. The van der Waals surface area contributed by atoms with Crippen LogP contribution < -0.4 is 5.32 Å². The molecule has 0 aliphatic rings. The summed E-state index contributed by atoms with van der Waals surface area (Å²) >= 11 is 1.70. The van der Waals surface area contributed by atoms with Gasteiger partial charge in [-0.05, 0) is 43.0 Å². The number of carbonyl (C=O) groups excluding carboxylic acids is 2. The van der Waals surface area contributed by atoms with E-state index in [2.05, 4.69) is 17.4 Å². The van der Waals surface area contributed by atoms with E-state index in [4.69, 9.17) is 0 Å². The van der Waals surface area contributed by atoms with Crippen LogP contribution in [0, 0.1) is 5.82 Å². The highest BCUT2D eigenvalue weighted by Crippen LogP contribution is 2.17. The number of thioether (sulfide) groups is 1. The summed E-state index contributed by atoms with van der Waals surface area (Å²) in [6.45, 7) is 6.17. The minimum absolute atomic E-state index is 0.0470. The first-order valence-electron chi connectivity index (χ1n) is 10.9. The highest BCUT2D eigenvalue weighted by Gasteiger charge is 2.28. The van der Waals surface area contributed by atoms with Gasteiger partial charge in [-0.15, -0.1) is 0 Å². The van der Waals surface area contributed by atoms with Crippen molar-refractivity contribution in [3.05, 3.63) is 71.5 Å². The standard InChI is InChI=1S/C25H33FN2O2S/c1-4-19(3)27-25(30)23(5-2)28(17-20-11-13-22(26)14-12-20)24(29)15-16-31-18-21-9-7-6-8-10-21/h6-14,19,23H,4-5,15-18H2,1-3H3,(H,27,30)/t19-,23+/m0/s1. The molecule has 0 bridgehead atoms. The summed E-state index contributed by atoms with van der Waals surface area (Å²) in [5, 5.41) is 3.00. The van der Waals surface area contributed by atoms with Crippen LogP contribution in [0.2, 0.25) is 0 Å². The van der Waals surface area contributed by atoms with E-state index in [0.717, 1.165) is 17.7 Å². The summed E-state index contributed by atoms with van der Waals surface area (Å²) in [5.74, 6) is 1.01. The summed E-state index contributed by atoms with van der Waals surface area (Å²) < 4.78 is 13.3. The lowest BCUT2D eigenvalue weighted by Crippen LogP contribution is -2.50. The monoisotopic (exact) mass is 444 g/mol. The van der Waals surface area contributed by atoms with Gasteiger partial charge < -0.3 is 10.2 Å². The van der Waals surface area contributed by atoms with Crippen LogP contribution in [0.25, 0.3) is 0 Å². The van der Waals surface area contributed by atoms with Gasteiger partial charge in [0, 0.05) is 30.5 Å². The average molecular weight is 445 g/mol. The van der Waals surface area contributed by atoms with Crippen molar-refractivity contribution in [2.45, 2.75) is 64.4 Å². The summed E-state index contributed by atoms with van der Waals surface area (Å²) in [6, 6.07) is 15.7. The molecule has 0 aliphatic carbocycles. The van der Waals surface area contributed by atoms with Crippen molar-refractivity contribution in [1.29, 1.82) is 0 Å².